The third kappa shape index (κ3) is 4.45. The number of rotatable bonds is 4. The van der Waals surface area contributed by atoms with Crippen molar-refractivity contribution in [1.82, 2.24) is 4.90 Å². The molecule has 2 aliphatic heterocycles. The third-order valence-corrected chi connectivity index (χ3v) is 7.62. The van der Waals surface area contributed by atoms with Crippen LogP contribution < -0.4 is 0 Å². The highest BCUT2D eigenvalue weighted by Crippen LogP contribution is 2.52. The van der Waals surface area contributed by atoms with Crippen LogP contribution in [0.5, 0.6) is 0 Å². The van der Waals surface area contributed by atoms with Crippen molar-refractivity contribution in [1.29, 1.82) is 0 Å². The monoisotopic (exact) mass is 492 g/mol. The molecule has 0 spiro atoms. The largest absolute Gasteiger partial charge is 0.462 e. The van der Waals surface area contributed by atoms with Gasteiger partial charge in [0.15, 0.2) is 5.17 Å². The highest BCUT2D eigenvalue weighted by atomic mass is 32.2. The van der Waals surface area contributed by atoms with Gasteiger partial charge in [0.25, 0.3) is 0 Å². The first-order chi connectivity index (χ1) is 16.9. The van der Waals surface area contributed by atoms with Crippen molar-refractivity contribution in [2.75, 3.05) is 6.61 Å². The summed E-state index contributed by atoms with van der Waals surface area (Å²) in [4.78, 5) is 20.4. The fraction of sp³-hybridized carbons (Fsp3) is 0.286. The van der Waals surface area contributed by atoms with Crippen LogP contribution in [0.4, 0.5) is 8.78 Å². The molecular formula is C28H26F2N2O2S. The molecule has 1 aliphatic carbocycles. The van der Waals surface area contributed by atoms with Gasteiger partial charge in [0.05, 0.1) is 18.3 Å². The SMILES string of the molecule is CCOC(=O)C1=C(C)N2C(=NC3=C(CC(C)C/C3=C\c3ccc(F)cc3)C2c2ccc(F)cc2)S1. The van der Waals surface area contributed by atoms with Gasteiger partial charge in [-0.1, -0.05) is 31.2 Å². The van der Waals surface area contributed by atoms with Gasteiger partial charge in [0, 0.05) is 5.70 Å². The minimum absolute atomic E-state index is 0.211. The topological polar surface area (TPSA) is 41.9 Å². The number of benzene rings is 2. The van der Waals surface area contributed by atoms with E-state index in [0.717, 1.165) is 46.5 Å². The molecular weight excluding hydrogens is 466 g/mol. The van der Waals surface area contributed by atoms with Crippen molar-refractivity contribution >= 4 is 29.0 Å². The molecule has 0 N–H and O–H groups in total. The number of esters is 1. The molecule has 2 aromatic carbocycles. The van der Waals surface area contributed by atoms with Gasteiger partial charge in [-0.05, 0) is 97.0 Å². The summed E-state index contributed by atoms with van der Waals surface area (Å²) in [6.07, 6.45) is 3.74. The molecule has 0 fully saturated rings. The number of carbonyl (C=O) groups excluding carboxylic acids is 1. The highest BCUT2D eigenvalue weighted by molar-refractivity contribution is 8.18. The highest BCUT2D eigenvalue weighted by Gasteiger charge is 2.43. The van der Waals surface area contributed by atoms with Gasteiger partial charge < -0.3 is 9.64 Å². The summed E-state index contributed by atoms with van der Waals surface area (Å²) >= 11 is 1.32. The number of hydrogen-bond donors (Lipinski definition) is 0. The van der Waals surface area contributed by atoms with Crippen LogP contribution in [0.25, 0.3) is 6.08 Å². The smallest absolute Gasteiger partial charge is 0.346 e. The van der Waals surface area contributed by atoms with E-state index in [-0.39, 0.29) is 23.6 Å². The van der Waals surface area contributed by atoms with E-state index in [1.54, 1.807) is 31.2 Å². The Bertz CT molecular complexity index is 1290. The van der Waals surface area contributed by atoms with Gasteiger partial charge in [-0.3, -0.25) is 0 Å². The van der Waals surface area contributed by atoms with Crippen LogP contribution in [0.2, 0.25) is 0 Å². The number of amidine groups is 1. The van der Waals surface area contributed by atoms with Gasteiger partial charge in [-0.25, -0.2) is 18.6 Å². The molecule has 35 heavy (non-hydrogen) atoms. The second-order valence-electron chi connectivity index (χ2n) is 9.06. The Balaban J connectivity index is 1.66. The third-order valence-electron chi connectivity index (χ3n) is 6.49. The Morgan fingerprint density at radius 3 is 2.43 bits per heavy atom. The lowest BCUT2D eigenvalue weighted by Crippen LogP contribution is -2.35. The van der Waals surface area contributed by atoms with E-state index in [0.29, 0.717) is 22.6 Å². The first-order valence-electron chi connectivity index (χ1n) is 11.7. The van der Waals surface area contributed by atoms with Crippen LogP contribution in [-0.4, -0.2) is 22.6 Å². The molecule has 4 nitrogen and oxygen atoms in total. The zero-order valence-corrected chi connectivity index (χ0v) is 20.7. The fourth-order valence-electron chi connectivity index (χ4n) is 4.98. The molecule has 0 aromatic heterocycles. The van der Waals surface area contributed by atoms with Crippen molar-refractivity contribution in [2.45, 2.75) is 39.7 Å². The standard InChI is InChI=1S/C28H26F2N2O2S/c1-4-34-27(33)26-17(3)32-25(19-7-11-22(30)12-8-19)23-14-16(2)13-20(24(23)31-28(32)35-26)15-18-5-9-21(29)10-6-18/h5-12,15-16,25H,4,13-14H2,1-3H3/b20-15+. The molecule has 2 heterocycles. The molecule has 7 heteroatoms. The van der Waals surface area contributed by atoms with Crippen LogP contribution in [0.15, 0.2) is 81.0 Å². The molecule has 0 bridgehead atoms. The van der Waals surface area contributed by atoms with Crippen molar-refractivity contribution in [3.63, 3.8) is 0 Å². The second kappa shape index (κ2) is 9.46. The summed E-state index contributed by atoms with van der Waals surface area (Å²) in [6, 6.07) is 12.8. The maximum absolute atomic E-state index is 13.8. The zero-order chi connectivity index (χ0) is 24.7. The summed E-state index contributed by atoms with van der Waals surface area (Å²) in [5.74, 6) is -0.566. The number of carbonyl (C=O) groups is 1. The number of thioether (sulfide) groups is 1. The van der Waals surface area contributed by atoms with E-state index in [1.807, 2.05) is 6.92 Å². The lowest BCUT2D eigenvalue weighted by molar-refractivity contribution is -0.137. The lowest BCUT2D eigenvalue weighted by Gasteiger charge is -2.40. The molecule has 2 aromatic rings. The van der Waals surface area contributed by atoms with E-state index >= 15 is 0 Å². The minimum Gasteiger partial charge on any atom is -0.462 e. The Morgan fingerprint density at radius 1 is 1.11 bits per heavy atom. The minimum atomic E-state index is -0.363. The second-order valence-corrected chi connectivity index (χ2v) is 10.0. The summed E-state index contributed by atoms with van der Waals surface area (Å²) in [5, 5.41) is 0.707. The van der Waals surface area contributed by atoms with E-state index in [2.05, 4.69) is 17.9 Å². The quantitative estimate of drug-likeness (QED) is 0.432. The number of hydrogen-bond acceptors (Lipinski definition) is 5. The molecule has 0 amide bonds. The fourth-order valence-corrected chi connectivity index (χ4v) is 6.02. The number of ether oxygens (including phenoxy) is 1. The number of nitrogens with zero attached hydrogens (tertiary/aromatic N) is 2. The molecule has 2 unspecified atom stereocenters. The van der Waals surface area contributed by atoms with Gasteiger partial charge >= 0.3 is 5.97 Å². The summed E-state index contributed by atoms with van der Waals surface area (Å²) < 4.78 is 32.6. The predicted octanol–water partition coefficient (Wildman–Crippen LogP) is 6.99. The first kappa shape index (κ1) is 23.5. The maximum atomic E-state index is 13.8. The molecule has 0 saturated heterocycles. The van der Waals surface area contributed by atoms with Crippen LogP contribution in [0.3, 0.4) is 0 Å². The summed E-state index contributed by atoms with van der Waals surface area (Å²) in [7, 11) is 0. The molecule has 180 valence electrons. The van der Waals surface area contributed by atoms with E-state index in [4.69, 9.17) is 9.73 Å². The first-order valence-corrected chi connectivity index (χ1v) is 12.6. The van der Waals surface area contributed by atoms with Crippen LogP contribution >= 0.6 is 11.8 Å². The predicted molar refractivity (Wildman–Crippen MR) is 135 cm³/mol. The molecule has 3 aliphatic rings. The average Bonchev–Trinajstić information content (AvgIpc) is 3.16. The van der Waals surface area contributed by atoms with Crippen molar-refractivity contribution in [3.8, 4) is 0 Å². The van der Waals surface area contributed by atoms with Crippen LogP contribution in [0.1, 0.15) is 50.8 Å². The van der Waals surface area contributed by atoms with E-state index in [1.165, 1.54) is 36.0 Å². The van der Waals surface area contributed by atoms with E-state index in [9.17, 15) is 13.6 Å². The van der Waals surface area contributed by atoms with Crippen molar-refractivity contribution < 1.29 is 18.3 Å². The Hall–Kier alpha value is -3.19. The van der Waals surface area contributed by atoms with Crippen molar-refractivity contribution in [2.24, 2.45) is 10.9 Å². The Morgan fingerprint density at radius 2 is 1.77 bits per heavy atom. The van der Waals surface area contributed by atoms with Crippen LogP contribution in [0, 0.1) is 17.6 Å². The molecule has 2 atom stereocenters. The van der Waals surface area contributed by atoms with Gasteiger partial charge in [0.1, 0.15) is 16.5 Å². The maximum Gasteiger partial charge on any atom is 0.346 e. The van der Waals surface area contributed by atoms with Gasteiger partial charge in [0.2, 0.25) is 0 Å². The number of aliphatic imine (C=N–C) groups is 1. The number of halogens is 2. The average molecular weight is 493 g/mol. The van der Waals surface area contributed by atoms with Gasteiger partial charge in [-0.2, -0.15) is 0 Å². The number of fused-ring (bicyclic) bond motifs is 1. The van der Waals surface area contributed by atoms with E-state index < -0.39 is 0 Å². The molecule has 5 rings (SSSR count). The summed E-state index contributed by atoms with van der Waals surface area (Å²) in [6.45, 7) is 6.19. The zero-order valence-electron chi connectivity index (χ0n) is 19.8. The number of allylic oxidation sites excluding steroid dienone is 2. The van der Waals surface area contributed by atoms with Gasteiger partial charge in [-0.15, -0.1) is 0 Å². The Labute approximate surface area is 208 Å². The van der Waals surface area contributed by atoms with Crippen LogP contribution in [-0.2, 0) is 9.53 Å². The van der Waals surface area contributed by atoms with Crippen molar-refractivity contribution in [3.05, 3.63) is 98.7 Å². The molecule has 0 radical (unpaired) electrons. The summed E-state index contributed by atoms with van der Waals surface area (Å²) in [5.41, 5.74) is 5.74. The normalized spacial score (nSPS) is 22.8. The Kier molecular flexibility index (Phi) is 6.36. The lowest BCUT2D eigenvalue weighted by atomic mass is 9.78. The molecule has 0 saturated carbocycles.